The molecule has 6 nitrogen and oxygen atoms in total. The minimum Gasteiger partial charge on any atom is -0.465 e. The molecule has 0 aromatic carbocycles. The van der Waals surface area contributed by atoms with Gasteiger partial charge in [-0.05, 0) is 64.2 Å². The van der Waals surface area contributed by atoms with E-state index in [1.165, 1.54) is 123 Å². The van der Waals surface area contributed by atoms with Gasteiger partial charge in [0.2, 0.25) is 0 Å². The fourth-order valence-electron chi connectivity index (χ4n) is 5.15. The third-order valence-corrected chi connectivity index (χ3v) is 9.18. The highest BCUT2D eigenvalue weighted by atomic mass is 28.3. The Balaban J connectivity index is 3.70. The molecule has 0 spiro atoms. The number of carbonyl (C=O) groups is 2. The van der Waals surface area contributed by atoms with Crippen molar-refractivity contribution in [2.45, 2.75) is 194 Å². The van der Waals surface area contributed by atoms with Crippen LogP contribution in [0.25, 0.3) is 0 Å². The molecule has 0 aliphatic carbocycles. The van der Waals surface area contributed by atoms with Crippen LogP contribution in [0.5, 0.6) is 0 Å². The van der Waals surface area contributed by atoms with Gasteiger partial charge in [0.05, 0.1) is 7.11 Å². The number of hydrogen-bond donors (Lipinski definition) is 0. The lowest BCUT2D eigenvalue weighted by Gasteiger charge is -2.14. The number of rotatable bonds is 34. The van der Waals surface area contributed by atoms with E-state index in [1.807, 2.05) is 0 Å². The van der Waals surface area contributed by atoms with Gasteiger partial charge in [-0.25, -0.2) is 9.46 Å². The Hall–Kier alpha value is -1.44. The number of hydrogen-bond acceptors (Lipinski definition) is 6. The van der Waals surface area contributed by atoms with Gasteiger partial charge in [-0.2, -0.15) is 0 Å². The van der Waals surface area contributed by atoms with Crippen LogP contribution < -0.4 is 0 Å². The Labute approximate surface area is 274 Å². The van der Waals surface area contributed by atoms with E-state index in [1.54, 1.807) is 0 Å². The van der Waals surface area contributed by atoms with Gasteiger partial charge in [-0.15, -0.1) is 0 Å². The third kappa shape index (κ3) is 33.4. The molecule has 44 heavy (non-hydrogen) atoms. The Morgan fingerprint density at radius 3 is 1.07 bits per heavy atom. The van der Waals surface area contributed by atoms with Crippen LogP contribution in [-0.4, -0.2) is 28.6 Å². The summed E-state index contributed by atoms with van der Waals surface area (Å²) in [4.78, 5) is 29.1. The lowest BCUT2D eigenvalue weighted by molar-refractivity contribution is -0.216. The van der Waals surface area contributed by atoms with Gasteiger partial charge in [0.1, 0.15) is 0 Å². The fraction of sp³-hybridized carbons (Fsp3) is 0.838. The zero-order valence-electron chi connectivity index (χ0n) is 29.1. The van der Waals surface area contributed by atoms with Gasteiger partial charge in [-0.1, -0.05) is 141 Å². The maximum Gasteiger partial charge on any atom is 0.647 e. The molecule has 0 unspecified atom stereocenters. The van der Waals surface area contributed by atoms with Crippen LogP contribution in [0, 0.1) is 0 Å². The van der Waals surface area contributed by atoms with E-state index in [-0.39, 0.29) is 11.9 Å². The number of carbonyl (C=O) groups excluding carboxylic acids is 2. The Morgan fingerprint density at radius 2 is 0.750 bits per heavy atom. The summed E-state index contributed by atoms with van der Waals surface area (Å²) in [5.41, 5.74) is 0. The standard InChI is InChI=1S/C37H70O6Si/c1-4-6-8-10-12-14-16-18-20-22-24-26-28-30-32-34-36(38)41-44(43-40-3)42-37(39)35-33-31-29-27-25-23-21-19-17-15-13-11-9-7-5-2/h18-21,44H,4-17,22-35H2,1-3H3. The zero-order chi connectivity index (χ0) is 32.2. The molecule has 7 heteroatoms. The van der Waals surface area contributed by atoms with Crippen LogP contribution >= 0.6 is 0 Å². The van der Waals surface area contributed by atoms with Crippen molar-refractivity contribution in [2.24, 2.45) is 0 Å². The average molecular weight is 639 g/mol. The van der Waals surface area contributed by atoms with Gasteiger partial charge in [0, 0.05) is 12.8 Å². The highest BCUT2D eigenvalue weighted by molar-refractivity contribution is 6.41. The number of allylic oxidation sites excluding steroid dienone is 4. The molecule has 0 aliphatic heterocycles. The molecule has 0 fully saturated rings. The number of unbranched alkanes of at least 4 members (excludes halogenated alkanes) is 22. The molecule has 0 aromatic rings. The summed E-state index contributed by atoms with van der Waals surface area (Å²) < 4.78 is 15.6. The first-order valence-electron chi connectivity index (χ1n) is 18.5. The molecule has 0 saturated heterocycles. The van der Waals surface area contributed by atoms with Crippen molar-refractivity contribution < 1.29 is 27.9 Å². The molecule has 0 saturated carbocycles. The van der Waals surface area contributed by atoms with Crippen LogP contribution in [-0.2, 0) is 27.9 Å². The van der Waals surface area contributed by atoms with Crippen molar-refractivity contribution in [3.8, 4) is 0 Å². The third-order valence-electron chi connectivity index (χ3n) is 7.92. The summed E-state index contributed by atoms with van der Waals surface area (Å²) in [5.74, 6) is -0.768. The minimum absolute atomic E-state index is 0.306. The Bertz CT molecular complexity index is 627. The molecular formula is C37H70O6Si. The quantitative estimate of drug-likeness (QED) is 0.0230. The van der Waals surface area contributed by atoms with Crippen LogP contribution in [0.2, 0.25) is 0 Å². The molecule has 0 aliphatic rings. The summed E-state index contributed by atoms with van der Waals surface area (Å²) in [6.07, 6.45) is 41.3. The van der Waals surface area contributed by atoms with Gasteiger partial charge < -0.3 is 8.85 Å². The smallest absolute Gasteiger partial charge is 0.465 e. The van der Waals surface area contributed by atoms with E-state index < -0.39 is 9.53 Å². The summed E-state index contributed by atoms with van der Waals surface area (Å²) >= 11 is 0. The van der Waals surface area contributed by atoms with E-state index >= 15 is 0 Å². The van der Waals surface area contributed by atoms with Crippen LogP contribution in [0.3, 0.4) is 0 Å². The monoisotopic (exact) mass is 638 g/mol. The second-order valence-corrected chi connectivity index (χ2v) is 13.4. The van der Waals surface area contributed by atoms with Crippen molar-refractivity contribution >= 4 is 21.5 Å². The lowest BCUT2D eigenvalue weighted by Crippen LogP contribution is -2.32. The molecular weight excluding hydrogens is 568 g/mol. The van der Waals surface area contributed by atoms with E-state index in [2.05, 4.69) is 43.0 Å². The summed E-state index contributed by atoms with van der Waals surface area (Å²) in [6.45, 7) is 4.52. The molecule has 0 aromatic heterocycles. The second kappa shape index (κ2) is 36.0. The lowest BCUT2D eigenvalue weighted by atomic mass is 10.1. The van der Waals surface area contributed by atoms with Crippen molar-refractivity contribution in [3.63, 3.8) is 0 Å². The second-order valence-electron chi connectivity index (χ2n) is 12.2. The van der Waals surface area contributed by atoms with Crippen molar-refractivity contribution in [3.05, 3.63) is 24.3 Å². The van der Waals surface area contributed by atoms with E-state index in [9.17, 15) is 9.59 Å². The highest BCUT2D eigenvalue weighted by Crippen LogP contribution is 2.13. The molecule has 0 atom stereocenters. The molecule has 258 valence electrons. The molecule has 0 rings (SSSR count). The SMILES string of the molecule is CCCCCCCCC=CCCCCCCCC(=O)O[SiH](OOC)OC(=O)CCCCCCCC=CCCCCCCCC. The highest BCUT2D eigenvalue weighted by Gasteiger charge is 2.26. The summed E-state index contributed by atoms with van der Waals surface area (Å²) in [6, 6.07) is 0. The predicted molar refractivity (Wildman–Crippen MR) is 186 cm³/mol. The minimum atomic E-state index is -2.98. The summed E-state index contributed by atoms with van der Waals surface area (Å²) in [5, 5.41) is 0. The normalized spacial score (nSPS) is 12.3. The van der Waals surface area contributed by atoms with E-state index in [0.29, 0.717) is 12.8 Å². The maximum atomic E-state index is 12.2. The molecule has 0 N–H and O–H groups in total. The first-order chi connectivity index (χ1) is 21.6. The molecule has 0 amide bonds. The Morgan fingerprint density at radius 1 is 0.455 bits per heavy atom. The van der Waals surface area contributed by atoms with E-state index in [4.69, 9.17) is 13.4 Å². The average Bonchev–Trinajstić information content (AvgIpc) is 3.01. The van der Waals surface area contributed by atoms with Gasteiger partial charge in [0.25, 0.3) is 11.9 Å². The molecule has 0 radical (unpaired) electrons. The van der Waals surface area contributed by atoms with Crippen LogP contribution in [0.1, 0.15) is 194 Å². The zero-order valence-corrected chi connectivity index (χ0v) is 30.3. The molecule has 0 heterocycles. The summed E-state index contributed by atoms with van der Waals surface area (Å²) in [7, 11) is -1.65. The van der Waals surface area contributed by atoms with Crippen LogP contribution in [0.15, 0.2) is 24.3 Å². The van der Waals surface area contributed by atoms with Crippen molar-refractivity contribution in [1.29, 1.82) is 0 Å². The predicted octanol–water partition coefficient (Wildman–Crippen LogP) is 11.4. The van der Waals surface area contributed by atoms with Gasteiger partial charge in [0.15, 0.2) is 0 Å². The van der Waals surface area contributed by atoms with Gasteiger partial charge in [-0.3, -0.25) is 9.59 Å². The largest absolute Gasteiger partial charge is 0.647 e. The fourth-order valence-corrected chi connectivity index (χ4v) is 6.10. The van der Waals surface area contributed by atoms with E-state index in [0.717, 1.165) is 51.4 Å². The van der Waals surface area contributed by atoms with Gasteiger partial charge >= 0.3 is 9.53 Å². The maximum absolute atomic E-state index is 12.2. The topological polar surface area (TPSA) is 71.1 Å². The van der Waals surface area contributed by atoms with Crippen LogP contribution in [0.4, 0.5) is 0 Å². The van der Waals surface area contributed by atoms with Crippen molar-refractivity contribution in [1.82, 2.24) is 0 Å². The van der Waals surface area contributed by atoms with Crippen molar-refractivity contribution in [2.75, 3.05) is 7.11 Å². The molecule has 0 bridgehead atoms. The Kier molecular flexibility index (Phi) is 34.8. The first-order valence-corrected chi connectivity index (χ1v) is 19.9. The first kappa shape index (κ1) is 42.6.